The highest BCUT2D eigenvalue weighted by Crippen LogP contribution is 2.46. The van der Waals surface area contributed by atoms with Gasteiger partial charge in [0.05, 0.1) is 6.04 Å². The molecule has 1 aromatic rings. The maximum Gasteiger partial charge on any atom is 0.243 e. The number of fused-ring (bicyclic) bond motifs is 1. The van der Waals surface area contributed by atoms with Crippen LogP contribution in [0.1, 0.15) is 69.4 Å². The number of para-hydroxylation sites is 1. The number of carbonyl (C=O) groups excluding carboxylic acids is 1. The van der Waals surface area contributed by atoms with Crippen LogP contribution in [0.3, 0.4) is 0 Å². The van der Waals surface area contributed by atoms with Crippen LogP contribution < -0.4 is 15.4 Å². The molecule has 1 atom stereocenters. The van der Waals surface area contributed by atoms with E-state index in [-0.39, 0.29) is 48.1 Å². The van der Waals surface area contributed by atoms with Gasteiger partial charge in [0.1, 0.15) is 17.9 Å². The predicted molar refractivity (Wildman–Crippen MR) is 131 cm³/mol. The monoisotopic (exact) mass is 526 g/mol. The number of nitrogens with one attached hydrogen (secondary N) is 2. The lowest BCUT2D eigenvalue weighted by Gasteiger charge is -2.40. The highest BCUT2D eigenvalue weighted by molar-refractivity contribution is 14.0. The molecule has 2 aliphatic carbocycles. The van der Waals surface area contributed by atoms with Gasteiger partial charge in [0.15, 0.2) is 5.96 Å². The van der Waals surface area contributed by atoms with Crippen molar-refractivity contribution in [3.05, 3.63) is 29.8 Å². The molecule has 0 aromatic heterocycles. The average Bonchev–Trinajstić information content (AvgIpc) is 3.38. The second-order valence-electron chi connectivity index (χ2n) is 9.01. The van der Waals surface area contributed by atoms with Crippen LogP contribution in [-0.2, 0) is 4.79 Å². The quantitative estimate of drug-likeness (QED) is 0.354. The van der Waals surface area contributed by atoms with E-state index in [1.54, 1.807) is 19.0 Å². The van der Waals surface area contributed by atoms with E-state index in [9.17, 15) is 4.79 Å². The van der Waals surface area contributed by atoms with Crippen LogP contribution in [0.4, 0.5) is 0 Å². The molecule has 0 saturated heterocycles. The van der Waals surface area contributed by atoms with Gasteiger partial charge in [-0.2, -0.15) is 0 Å². The molecular weight excluding hydrogens is 491 g/mol. The predicted octanol–water partition coefficient (Wildman–Crippen LogP) is 4.01. The normalized spacial score (nSPS) is 22.7. The van der Waals surface area contributed by atoms with E-state index in [1.807, 2.05) is 6.07 Å². The topological polar surface area (TPSA) is 66.0 Å². The van der Waals surface area contributed by atoms with Crippen molar-refractivity contribution in [3.8, 4) is 5.75 Å². The lowest BCUT2D eigenvalue weighted by Crippen LogP contribution is -2.48. The molecule has 30 heavy (non-hydrogen) atoms. The molecule has 2 N–H and O–H groups in total. The molecule has 7 heteroatoms. The Bertz CT molecular complexity index is 755. The molecule has 1 amide bonds. The Morgan fingerprint density at radius 1 is 1.13 bits per heavy atom. The Hall–Kier alpha value is -1.51. The molecule has 4 rings (SSSR count). The van der Waals surface area contributed by atoms with Gasteiger partial charge >= 0.3 is 0 Å². The zero-order chi connectivity index (χ0) is 20.3. The molecule has 3 aliphatic rings. The summed E-state index contributed by atoms with van der Waals surface area (Å²) in [5.41, 5.74) is 1.12. The number of carbonyl (C=O) groups is 1. The minimum absolute atomic E-state index is 0. The van der Waals surface area contributed by atoms with Gasteiger partial charge in [-0.15, -0.1) is 24.0 Å². The smallest absolute Gasteiger partial charge is 0.243 e. The van der Waals surface area contributed by atoms with Gasteiger partial charge in [0, 0.05) is 32.1 Å². The highest BCUT2D eigenvalue weighted by atomic mass is 127. The first kappa shape index (κ1) is 23.2. The van der Waals surface area contributed by atoms with Crippen molar-refractivity contribution >= 4 is 35.8 Å². The minimum Gasteiger partial charge on any atom is -0.487 e. The van der Waals surface area contributed by atoms with E-state index in [0.717, 1.165) is 43.8 Å². The number of hydrogen-bond donors (Lipinski definition) is 2. The second kappa shape index (κ2) is 10.2. The zero-order valence-corrected chi connectivity index (χ0v) is 20.5. The summed E-state index contributed by atoms with van der Waals surface area (Å²) in [5, 5.41) is 7.27. The van der Waals surface area contributed by atoms with E-state index in [2.05, 4.69) is 33.8 Å². The summed E-state index contributed by atoms with van der Waals surface area (Å²) in [5.74, 6) is 1.75. The van der Waals surface area contributed by atoms with Crippen LogP contribution in [0, 0.1) is 0 Å². The first-order chi connectivity index (χ1) is 14.0. The average molecular weight is 526 g/mol. The minimum atomic E-state index is -0.0655. The summed E-state index contributed by atoms with van der Waals surface area (Å²) in [7, 11) is 3.54. The Morgan fingerprint density at radius 3 is 2.53 bits per heavy atom. The van der Waals surface area contributed by atoms with E-state index < -0.39 is 0 Å². The van der Waals surface area contributed by atoms with Crippen LogP contribution in [-0.4, -0.2) is 49.0 Å². The molecule has 1 aromatic carbocycles. The molecular formula is C23H35IN4O2. The Morgan fingerprint density at radius 2 is 1.83 bits per heavy atom. The van der Waals surface area contributed by atoms with Gasteiger partial charge in [-0.1, -0.05) is 31.0 Å². The number of rotatable bonds is 4. The Balaban J connectivity index is 0.00000256. The van der Waals surface area contributed by atoms with Crippen molar-refractivity contribution in [3.63, 3.8) is 0 Å². The van der Waals surface area contributed by atoms with E-state index >= 15 is 0 Å². The molecule has 2 saturated carbocycles. The summed E-state index contributed by atoms with van der Waals surface area (Å²) in [6.07, 6.45) is 10.5. The van der Waals surface area contributed by atoms with Gasteiger partial charge in [0.25, 0.3) is 0 Å². The lowest BCUT2D eigenvalue weighted by molar-refractivity contribution is -0.127. The van der Waals surface area contributed by atoms with Crippen molar-refractivity contribution in [2.24, 2.45) is 4.99 Å². The number of aliphatic imine (C=N–C) groups is 1. The molecule has 6 nitrogen and oxygen atoms in total. The van der Waals surface area contributed by atoms with Gasteiger partial charge in [0.2, 0.25) is 5.91 Å². The fourth-order valence-corrected chi connectivity index (χ4v) is 4.92. The van der Waals surface area contributed by atoms with Crippen LogP contribution in [0.2, 0.25) is 0 Å². The third kappa shape index (κ3) is 5.39. The number of guanidine groups is 1. The number of halogens is 1. The summed E-state index contributed by atoms with van der Waals surface area (Å²) < 4.78 is 6.49. The highest BCUT2D eigenvalue weighted by Gasteiger charge is 2.43. The number of ether oxygens (including phenoxy) is 1. The summed E-state index contributed by atoms with van der Waals surface area (Å²) in [6, 6.07) is 8.92. The first-order valence-corrected chi connectivity index (χ1v) is 11.1. The third-order valence-corrected chi connectivity index (χ3v) is 6.59. The van der Waals surface area contributed by atoms with Crippen molar-refractivity contribution in [2.75, 3.05) is 20.6 Å². The van der Waals surface area contributed by atoms with Crippen LogP contribution >= 0.6 is 24.0 Å². The molecule has 1 aliphatic heterocycles. The van der Waals surface area contributed by atoms with Crippen LogP contribution in [0.25, 0.3) is 0 Å². The van der Waals surface area contributed by atoms with Crippen molar-refractivity contribution in [1.82, 2.24) is 15.5 Å². The number of amides is 1. The number of hydrogen-bond acceptors (Lipinski definition) is 3. The molecule has 1 spiro atoms. The van der Waals surface area contributed by atoms with Gasteiger partial charge in [-0.3, -0.25) is 4.79 Å². The molecule has 0 bridgehead atoms. The largest absolute Gasteiger partial charge is 0.487 e. The maximum absolute atomic E-state index is 12.1. The first-order valence-electron chi connectivity index (χ1n) is 11.1. The maximum atomic E-state index is 12.1. The lowest BCUT2D eigenvalue weighted by atomic mass is 9.86. The fraction of sp³-hybridized carbons (Fsp3) is 0.652. The van der Waals surface area contributed by atoms with Crippen molar-refractivity contribution in [1.29, 1.82) is 0 Å². The standard InChI is InChI=1S/C23H34N4O2.HI/c1-27(2)21(28)16-24-22(25-17-9-3-4-10-17)26-19-15-23(13-7-8-14-23)29-20-12-6-5-11-18(19)20;/h5-6,11-12,17,19H,3-4,7-10,13-16H2,1-2H3,(H2,24,25,26);1H. The van der Waals surface area contributed by atoms with Gasteiger partial charge in [-0.25, -0.2) is 4.99 Å². The number of benzene rings is 1. The number of likely N-dealkylation sites (N-methyl/N-ethyl adjacent to an activating group) is 1. The van der Waals surface area contributed by atoms with Gasteiger partial charge in [-0.05, 0) is 44.6 Å². The summed E-state index contributed by atoms with van der Waals surface area (Å²) >= 11 is 0. The molecule has 1 unspecified atom stereocenters. The SMILES string of the molecule is CN(C)C(=O)CN=C(NC1CCCC1)NC1CC2(CCCC2)Oc2ccccc21.I. The van der Waals surface area contributed by atoms with Gasteiger partial charge < -0.3 is 20.3 Å². The zero-order valence-electron chi connectivity index (χ0n) is 18.2. The van der Waals surface area contributed by atoms with Crippen molar-refractivity contribution < 1.29 is 9.53 Å². The van der Waals surface area contributed by atoms with Crippen LogP contribution in [0.15, 0.2) is 29.3 Å². The fourth-order valence-electron chi connectivity index (χ4n) is 4.92. The Labute approximate surface area is 197 Å². The van der Waals surface area contributed by atoms with E-state index in [4.69, 9.17) is 4.74 Å². The van der Waals surface area contributed by atoms with E-state index in [0.29, 0.717) is 6.04 Å². The molecule has 0 radical (unpaired) electrons. The van der Waals surface area contributed by atoms with Crippen molar-refractivity contribution in [2.45, 2.75) is 75.5 Å². The second-order valence-corrected chi connectivity index (χ2v) is 9.01. The summed E-state index contributed by atoms with van der Waals surface area (Å²) in [6.45, 7) is 0.158. The molecule has 2 fully saturated rings. The van der Waals surface area contributed by atoms with E-state index in [1.165, 1.54) is 31.2 Å². The van der Waals surface area contributed by atoms with Crippen LogP contribution in [0.5, 0.6) is 5.75 Å². The molecule has 166 valence electrons. The number of nitrogens with zero attached hydrogens (tertiary/aromatic N) is 2. The summed E-state index contributed by atoms with van der Waals surface area (Å²) in [4.78, 5) is 18.4. The third-order valence-electron chi connectivity index (χ3n) is 6.59. The Kier molecular flexibility index (Phi) is 7.87. The molecule has 1 heterocycles.